The van der Waals surface area contributed by atoms with Gasteiger partial charge in [0.15, 0.2) is 11.5 Å². The van der Waals surface area contributed by atoms with Gasteiger partial charge in [0.25, 0.3) is 5.69 Å². The lowest BCUT2D eigenvalue weighted by Crippen LogP contribution is -1.99. The number of nitro benzene ring substituents is 1. The van der Waals surface area contributed by atoms with Gasteiger partial charge in [-0.3, -0.25) is 10.1 Å². The van der Waals surface area contributed by atoms with Crippen LogP contribution in [0, 0.1) is 22.5 Å². The van der Waals surface area contributed by atoms with Crippen LogP contribution < -0.4 is 9.47 Å². The van der Waals surface area contributed by atoms with E-state index in [4.69, 9.17) is 15.9 Å². The molecule has 90 valence electrons. The Labute approximate surface area is 99.5 Å². The van der Waals surface area contributed by atoms with Gasteiger partial charge in [-0.2, -0.15) is 0 Å². The molecule has 0 saturated carbocycles. The normalized spacial score (nSPS) is 9.41. The molecule has 0 unspecified atom stereocenters. The third-order valence-corrected chi connectivity index (χ3v) is 2.08. The van der Waals surface area contributed by atoms with Gasteiger partial charge in [0, 0.05) is 12.5 Å². The van der Waals surface area contributed by atoms with Gasteiger partial charge >= 0.3 is 0 Å². The van der Waals surface area contributed by atoms with Gasteiger partial charge in [0.2, 0.25) is 0 Å². The second-order valence-corrected chi connectivity index (χ2v) is 3.25. The molecule has 0 atom stereocenters. The quantitative estimate of drug-likeness (QED) is 0.329. The average Bonchev–Trinajstić information content (AvgIpc) is 2.34. The molecule has 0 bridgehead atoms. The molecule has 0 amide bonds. The SMILES string of the molecule is C#CCCCOc1ccc([N+](=O)[O-])cc1OC. The number of terminal acetylenes is 1. The smallest absolute Gasteiger partial charge is 0.273 e. The highest BCUT2D eigenvalue weighted by atomic mass is 16.6. The minimum absolute atomic E-state index is 0.0298. The number of non-ortho nitro benzene ring substituents is 1. The summed E-state index contributed by atoms with van der Waals surface area (Å²) < 4.78 is 10.4. The Morgan fingerprint density at radius 2 is 2.24 bits per heavy atom. The molecular weight excluding hydrogens is 222 g/mol. The number of methoxy groups -OCH3 is 1. The van der Waals surface area contributed by atoms with Gasteiger partial charge in [-0.15, -0.1) is 12.3 Å². The highest BCUT2D eigenvalue weighted by molar-refractivity contribution is 5.48. The Morgan fingerprint density at radius 1 is 1.47 bits per heavy atom. The minimum atomic E-state index is -0.482. The molecule has 17 heavy (non-hydrogen) atoms. The van der Waals surface area contributed by atoms with Crippen LogP contribution in [-0.4, -0.2) is 18.6 Å². The van der Waals surface area contributed by atoms with Gasteiger partial charge in [-0.1, -0.05) is 0 Å². The van der Waals surface area contributed by atoms with Gasteiger partial charge < -0.3 is 9.47 Å². The van der Waals surface area contributed by atoms with E-state index in [1.807, 2.05) is 0 Å². The van der Waals surface area contributed by atoms with Crippen molar-refractivity contribution in [1.82, 2.24) is 0 Å². The van der Waals surface area contributed by atoms with E-state index in [2.05, 4.69) is 5.92 Å². The molecular formula is C12H13NO4. The Bertz CT molecular complexity index is 437. The summed E-state index contributed by atoms with van der Waals surface area (Å²) in [5, 5.41) is 10.6. The van der Waals surface area contributed by atoms with Gasteiger partial charge in [0.1, 0.15) is 0 Å². The summed E-state index contributed by atoms with van der Waals surface area (Å²) in [5.41, 5.74) is -0.0298. The summed E-state index contributed by atoms with van der Waals surface area (Å²) in [6, 6.07) is 4.22. The maximum atomic E-state index is 10.6. The van der Waals surface area contributed by atoms with Gasteiger partial charge in [0.05, 0.1) is 24.7 Å². The van der Waals surface area contributed by atoms with Crippen LogP contribution in [0.25, 0.3) is 0 Å². The van der Waals surface area contributed by atoms with Crippen molar-refractivity contribution in [3.05, 3.63) is 28.3 Å². The second kappa shape index (κ2) is 6.38. The summed E-state index contributed by atoms with van der Waals surface area (Å²) in [7, 11) is 1.44. The molecule has 1 rings (SSSR count). The summed E-state index contributed by atoms with van der Waals surface area (Å²) in [6.07, 6.45) is 6.48. The van der Waals surface area contributed by atoms with Crippen LogP contribution in [0.1, 0.15) is 12.8 Å². The molecule has 5 nitrogen and oxygen atoms in total. The third kappa shape index (κ3) is 3.68. The third-order valence-electron chi connectivity index (χ3n) is 2.08. The predicted molar refractivity (Wildman–Crippen MR) is 63.2 cm³/mol. The molecule has 0 aliphatic heterocycles. The lowest BCUT2D eigenvalue weighted by molar-refractivity contribution is -0.384. The number of benzene rings is 1. The van der Waals surface area contributed by atoms with Gasteiger partial charge in [-0.05, 0) is 12.5 Å². The molecule has 0 spiro atoms. The van der Waals surface area contributed by atoms with Crippen LogP contribution in [0.15, 0.2) is 18.2 Å². The monoisotopic (exact) mass is 235 g/mol. The van der Waals surface area contributed by atoms with E-state index in [0.717, 1.165) is 6.42 Å². The number of unbranched alkanes of at least 4 members (excludes halogenated alkanes) is 1. The fourth-order valence-corrected chi connectivity index (χ4v) is 1.25. The molecule has 1 aromatic rings. The fraction of sp³-hybridized carbons (Fsp3) is 0.333. The zero-order chi connectivity index (χ0) is 12.7. The standard InChI is InChI=1S/C12H13NO4/c1-3-4-5-8-17-11-7-6-10(13(14)15)9-12(11)16-2/h1,6-7,9H,4-5,8H2,2H3. The number of hydrogen-bond acceptors (Lipinski definition) is 4. The lowest BCUT2D eigenvalue weighted by atomic mass is 10.3. The van der Waals surface area contributed by atoms with E-state index in [9.17, 15) is 10.1 Å². The van der Waals surface area contributed by atoms with Crippen LogP contribution in [0.4, 0.5) is 5.69 Å². The second-order valence-electron chi connectivity index (χ2n) is 3.25. The average molecular weight is 235 g/mol. The van der Waals surface area contributed by atoms with E-state index in [-0.39, 0.29) is 5.69 Å². The van der Waals surface area contributed by atoms with Crippen molar-refractivity contribution in [3.63, 3.8) is 0 Å². The number of ether oxygens (including phenoxy) is 2. The molecule has 0 aliphatic rings. The van der Waals surface area contributed by atoms with Crippen molar-refractivity contribution in [2.75, 3.05) is 13.7 Å². The number of nitro groups is 1. The predicted octanol–water partition coefficient (Wildman–Crippen LogP) is 2.40. The van der Waals surface area contributed by atoms with Gasteiger partial charge in [-0.25, -0.2) is 0 Å². The molecule has 0 N–H and O–H groups in total. The topological polar surface area (TPSA) is 61.6 Å². The van der Waals surface area contributed by atoms with Crippen molar-refractivity contribution in [3.8, 4) is 23.8 Å². The fourth-order valence-electron chi connectivity index (χ4n) is 1.25. The Balaban J connectivity index is 2.72. The summed E-state index contributed by atoms with van der Waals surface area (Å²) in [6.45, 7) is 0.457. The largest absolute Gasteiger partial charge is 0.493 e. The highest BCUT2D eigenvalue weighted by Crippen LogP contribution is 2.31. The maximum absolute atomic E-state index is 10.6. The van der Waals surface area contributed by atoms with Crippen molar-refractivity contribution in [2.24, 2.45) is 0 Å². The maximum Gasteiger partial charge on any atom is 0.273 e. The first kappa shape index (κ1) is 12.8. The van der Waals surface area contributed by atoms with Crippen molar-refractivity contribution in [1.29, 1.82) is 0 Å². The molecule has 0 radical (unpaired) electrons. The molecule has 0 saturated heterocycles. The van der Waals surface area contributed by atoms with Crippen LogP contribution in [0.3, 0.4) is 0 Å². The van der Waals surface area contributed by atoms with Crippen LogP contribution in [-0.2, 0) is 0 Å². The number of rotatable bonds is 6. The first-order valence-corrected chi connectivity index (χ1v) is 5.07. The van der Waals surface area contributed by atoms with E-state index < -0.39 is 4.92 Å². The summed E-state index contributed by atoms with van der Waals surface area (Å²) >= 11 is 0. The van der Waals surface area contributed by atoms with E-state index in [1.54, 1.807) is 0 Å². The zero-order valence-corrected chi connectivity index (χ0v) is 9.51. The first-order valence-electron chi connectivity index (χ1n) is 5.07. The summed E-state index contributed by atoms with van der Waals surface area (Å²) in [4.78, 5) is 10.1. The number of nitrogens with zero attached hydrogens (tertiary/aromatic N) is 1. The van der Waals surface area contributed by atoms with Crippen LogP contribution in [0.2, 0.25) is 0 Å². The van der Waals surface area contributed by atoms with Crippen molar-refractivity contribution < 1.29 is 14.4 Å². The lowest BCUT2D eigenvalue weighted by Gasteiger charge is -2.09. The molecule has 0 aromatic heterocycles. The Morgan fingerprint density at radius 3 is 2.82 bits per heavy atom. The molecule has 1 aromatic carbocycles. The van der Waals surface area contributed by atoms with E-state index in [0.29, 0.717) is 24.5 Å². The minimum Gasteiger partial charge on any atom is -0.493 e. The molecule has 5 heteroatoms. The Kier molecular flexibility index (Phi) is 4.82. The molecule has 0 heterocycles. The number of hydrogen-bond donors (Lipinski definition) is 0. The zero-order valence-electron chi connectivity index (χ0n) is 9.51. The first-order chi connectivity index (χ1) is 8.19. The van der Waals surface area contributed by atoms with Crippen LogP contribution >= 0.6 is 0 Å². The van der Waals surface area contributed by atoms with E-state index >= 15 is 0 Å². The van der Waals surface area contributed by atoms with Crippen molar-refractivity contribution in [2.45, 2.75) is 12.8 Å². The molecule has 0 aliphatic carbocycles. The highest BCUT2D eigenvalue weighted by Gasteiger charge is 2.11. The van der Waals surface area contributed by atoms with Crippen LogP contribution in [0.5, 0.6) is 11.5 Å². The molecule has 0 fully saturated rings. The van der Waals surface area contributed by atoms with E-state index in [1.165, 1.54) is 25.3 Å². The Hall–Kier alpha value is -2.22. The summed E-state index contributed by atoms with van der Waals surface area (Å²) in [5.74, 6) is 3.33. The van der Waals surface area contributed by atoms with Crippen molar-refractivity contribution >= 4 is 5.69 Å².